The average molecular weight is 865 g/mol. The van der Waals surface area contributed by atoms with Crippen molar-refractivity contribution < 1.29 is 29.6 Å². The van der Waals surface area contributed by atoms with Gasteiger partial charge in [0, 0.05) is 84.8 Å². The number of aryl methyl sites for hydroxylation is 4. The van der Waals surface area contributed by atoms with E-state index in [1.807, 2.05) is 156 Å². The van der Waals surface area contributed by atoms with E-state index in [-0.39, 0.29) is 26.4 Å². The van der Waals surface area contributed by atoms with E-state index in [4.69, 9.17) is 0 Å². The van der Waals surface area contributed by atoms with Crippen LogP contribution in [0.5, 0.6) is 0 Å². The molecule has 64 heavy (non-hydrogen) atoms. The Morgan fingerprint density at radius 3 is 1.08 bits per heavy atom. The molecule has 0 aliphatic heterocycles. The molecule has 7 aromatic rings. The van der Waals surface area contributed by atoms with Crippen molar-refractivity contribution in [1.29, 1.82) is 0 Å². The molecular formula is C48H56N12O4+2. The molecule has 0 saturated carbocycles. The van der Waals surface area contributed by atoms with Gasteiger partial charge in [-0.3, -0.25) is 9.36 Å². The van der Waals surface area contributed by atoms with Crippen LogP contribution >= 0.6 is 0 Å². The number of aliphatic hydroxyl groups excluding tert-OH is 4. The second-order valence-electron chi connectivity index (χ2n) is 14.9. The number of rotatable bonds is 24. The summed E-state index contributed by atoms with van der Waals surface area (Å²) in [6.07, 6.45) is 12.2. The fraction of sp³-hybridized carbons (Fsp3) is 0.250. The zero-order valence-corrected chi connectivity index (χ0v) is 35.8. The van der Waals surface area contributed by atoms with Crippen LogP contribution in [0.25, 0.3) is 0 Å². The smallest absolute Gasteiger partial charge is 0.196 e. The molecule has 0 saturated heterocycles. The van der Waals surface area contributed by atoms with Crippen LogP contribution in [-0.4, -0.2) is 82.4 Å². The Kier molecular flexibility index (Phi) is 16.3. The van der Waals surface area contributed by atoms with Gasteiger partial charge in [0.25, 0.3) is 0 Å². The van der Waals surface area contributed by atoms with Crippen LogP contribution in [0.2, 0.25) is 0 Å². The number of benzene rings is 4. The van der Waals surface area contributed by atoms with Gasteiger partial charge in [0.2, 0.25) is 0 Å². The molecule has 0 bridgehead atoms. The summed E-state index contributed by atoms with van der Waals surface area (Å²) < 4.78 is 8.65. The van der Waals surface area contributed by atoms with Crippen LogP contribution in [-0.2, 0) is 26.2 Å². The van der Waals surface area contributed by atoms with Crippen molar-refractivity contribution in [1.82, 2.24) is 9.36 Å². The number of hydrogen-bond donors (Lipinski definition) is 6. The molecule has 4 aromatic carbocycles. The summed E-state index contributed by atoms with van der Waals surface area (Å²) in [5, 5.41) is 62.0. The van der Waals surface area contributed by atoms with E-state index >= 15 is 0 Å². The molecule has 6 N–H and O–H groups in total. The topological polar surface area (TPSA) is 179 Å². The minimum absolute atomic E-state index is 0.0259. The first-order valence-corrected chi connectivity index (χ1v) is 21.4. The summed E-state index contributed by atoms with van der Waals surface area (Å²) in [7, 11) is 0. The van der Waals surface area contributed by atoms with Crippen molar-refractivity contribution >= 4 is 56.9 Å². The van der Waals surface area contributed by atoms with E-state index in [0.29, 0.717) is 26.2 Å². The van der Waals surface area contributed by atoms with Crippen molar-refractivity contribution in [3.63, 3.8) is 0 Å². The van der Waals surface area contributed by atoms with Gasteiger partial charge in [-0.15, -0.1) is 10.2 Å². The Bertz CT molecular complexity index is 2330. The number of aromatic nitrogens is 4. The largest absolute Gasteiger partial charge is 0.395 e. The quantitative estimate of drug-likeness (QED) is 0.0274. The number of anilines is 6. The molecule has 0 amide bonds. The number of aliphatic hydroxyl groups is 4. The minimum Gasteiger partial charge on any atom is -0.395 e. The second kappa shape index (κ2) is 23.3. The zero-order chi connectivity index (χ0) is 44.4. The van der Waals surface area contributed by atoms with E-state index in [2.05, 4.69) is 62.0 Å². The summed E-state index contributed by atoms with van der Waals surface area (Å²) in [6.45, 7) is 5.13. The summed E-state index contributed by atoms with van der Waals surface area (Å²) in [6, 6.07) is 39.2. The number of nitrogens with one attached hydrogen (secondary N) is 2. The van der Waals surface area contributed by atoms with Crippen molar-refractivity contribution in [3.05, 3.63) is 159 Å². The van der Waals surface area contributed by atoms with Crippen LogP contribution in [0.1, 0.15) is 0 Å². The number of pyridine rings is 2. The summed E-state index contributed by atoms with van der Waals surface area (Å²) in [5.74, 6) is 0. The van der Waals surface area contributed by atoms with Gasteiger partial charge in [-0.05, 0) is 109 Å². The van der Waals surface area contributed by atoms with Crippen LogP contribution < -0.4 is 29.6 Å². The van der Waals surface area contributed by atoms with Crippen molar-refractivity contribution in [2.24, 2.45) is 20.5 Å². The summed E-state index contributed by atoms with van der Waals surface area (Å²) >= 11 is 0. The Morgan fingerprint density at radius 1 is 0.422 bits per heavy atom. The average Bonchev–Trinajstić information content (AvgIpc) is 3.31. The maximum atomic E-state index is 9.32. The molecule has 0 radical (unpaired) electrons. The minimum atomic E-state index is 0.0259. The number of nitrogens with zero attached hydrogens (tertiary/aromatic N) is 10. The molecule has 0 unspecified atom stereocenters. The SMILES string of the molecule is OCCN(CCO)c1ccc(Nc2ccc(N=Nc3ccc[n+](CCn4ccn4CC[n+]4cccc(N=Nc5ccc(Nc6ccc(N(CCO)CCO)cc6)cc5)c4)c3)cc2)cc1. The van der Waals surface area contributed by atoms with Crippen LogP contribution in [0.4, 0.5) is 56.9 Å². The molecule has 16 heteroatoms. The molecule has 3 aromatic heterocycles. The summed E-state index contributed by atoms with van der Waals surface area (Å²) in [5.41, 5.74) is 8.62. The highest BCUT2D eigenvalue weighted by Gasteiger charge is 2.11. The molecular weight excluding hydrogens is 809 g/mol. The molecule has 0 atom stereocenters. The molecule has 330 valence electrons. The third-order valence-corrected chi connectivity index (χ3v) is 10.4. The Balaban J connectivity index is 0.846. The Morgan fingerprint density at radius 2 is 0.750 bits per heavy atom. The molecule has 16 nitrogen and oxygen atoms in total. The van der Waals surface area contributed by atoms with E-state index in [1.165, 1.54) is 0 Å². The predicted octanol–water partition coefficient (Wildman–Crippen LogP) is 7.17. The highest BCUT2D eigenvalue weighted by atomic mass is 16.3. The van der Waals surface area contributed by atoms with E-state index < -0.39 is 0 Å². The highest BCUT2D eigenvalue weighted by molar-refractivity contribution is 5.65. The Labute approximate surface area is 373 Å². The zero-order valence-electron chi connectivity index (χ0n) is 35.8. The van der Waals surface area contributed by atoms with Crippen molar-refractivity contribution in [2.45, 2.75) is 26.2 Å². The summed E-state index contributed by atoms with van der Waals surface area (Å²) in [4.78, 5) is 3.88. The monoisotopic (exact) mass is 864 g/mol. The van der Waals surface area contributed by atoms with Gasteiger partial charge in [-0.2, -0.15) is 10.2 Å². The van der Waals surface area contributed by atoms with Gasteiger partial charge in [0.05, 0.1) is 50.9 Å². The van der Waals surface area contributed by atoms with Gasteiger partial charge in [-0.1, -0.05) is 0 Å². The first-order chi connectivity index (χ1) is 31.5. The number of hydrogen-bond acceptors (Lipinski definition) is 12. The van der Waals surface area contributed by atoms with Gasteiger partial charge in [-0.25, -0.2) is 9.13 Å². The van der Waals surface area contributed by atoms with E-state index in [9.17, 15) is 20.4 Å². The van der Waals surface area contributed by atoms with Crippen molar-refractivity contribution in [3.8, 4) is 0 Å². The standard InChI is InChI=1S/C48H56N12O4/c61-33-29-57(30-34-62)47-17-13-41(14-18-47)49-39-5-9-43(10-6-39)51-53-45-3-1-21-55(37-45)23-25-59-27-28-60(59)26-24-56-22-2-4-46(38-56)54-52-44-11-7-40(8-12-44)50-42-15-19-48(20-16-42)58(31-35-63)32-36-64/h1-22,27-28,37-38,49-50,61-64H,23-26,29-36H2/q+2. The van der Waals surface area contributed by atoms with Crippen LogP contribution in [0.15, 0.2) is 179 Å². The van der Waals surface area contributed by atoms with Crippen molar-refractivity contribution in [2.75, 3.05) is 73.0 Å². The van der Waals surface area contributed by atoms with Crippen LogP contribution in [0.3, 0.4) is 0 Å². The molecule has 0 fully saturated rings. The lowest BCUT2D eigenvalue weighted by Gasteiger charge is -2.23. The lowest BCUT2D eigenvalue weighted by molar-refractivity contribution is -0.699. The van der Waals surface area contributed by atoms with Crippen LogP contribution in [0, 0.1) is 0 Å². The number of azo groups is 2. The predicted molar refractivity (Wildman–Crippen MR) is 249 cm³/mol. The highest BCUT2D eigenvalue weighted by Crippen LogP contribution is 2.26. The van der Waals surface area contributed by atoms with E-state index in [1.54, 1.807) is 0 Å². The van der Waals surface area contributed by atoms with Gasteiger partial charge >= 0.3 is 0 Å². The molecule has 3 heterocycles. The third kappa shape index (κ3) is 13.1. The maximum absolute atomic E-state index is 9.32. The van der Waals surface area contributed by atoms with E-state index in [0.717, 1.165) is 83.1 Å². The Hall–Kier alpha value is -7.24. The fourth-order valence-electron chi connectivity index (χ4n) is 7.03. The lowest BCUT2D eigenvalue weighted by atomic mass is 10.2. The third-order valence-electron chi connectivity index (χ3n) is 10.4. The maximum Gasteiger partial charge on any atom is 0.196 e. The first-order valence-electron chi connectivity index (χ1n) is 21.4. The lowest BCUT2D eigenvalue weighted by Crippen LogP contribution is -2.39. The fourth-order valence-corrected chi connectivity index (χ4v) is 7.03. The van der Waals surface area contributed by atoms with Gasteiger partial charge in [0.15, 0.2) is 37.9 Å². The molecule has 0 aliphatic carbocycles. The normalized spacial score (nSPS) is 11.4. The first kappa shape index (κ1) is 44.8. The molecule has 0 aliphatic rings. The molecule has 7 rings (SSSR count). The van der Waals surface area contributed by atoms with Gasteiger partial charge < -0.3 is 40.9 Å². The second-order valence-corrected chi connectivity index (χ2v) is 14.9. The molecule has 0 spiro atoms. The van der Waals surface area contributed by atoms with Gasteiger partial charge in [0.1, 0.15) is 11.4 Å².